The number of anilines is 1. The largest absolute Gasteiger partial charge is 0.469 e. The lowest BCUT2D eigenvalue weighted by molar-refractivity contribution is -0.139. The number of nitrogens with two attached hydrogens (primary N) is 1. The molecular weight excluding hydrogens is 349 g/mol. The molecule has 5 N–H and O–H groups in total. The molecule has 0 bridgehead atoms. The molecule has 0 aliphatic rings. The van der Waals surface area contributed by atoms with Crippen molar-refractivity contribution in [2.45, 2.75) is 12.3 Å². The molecule has 0 fully saturated rings. The second-order valence-corrected chi connectivity index (χ2v) is 5.64. The van der Waals surface area contributed by atoms with Gasteiger partial charge in [-0.3, -0.25) is 23.7 Å². The number of carbonyl (C=O) groups excluding carboxylic acids is 2. The fraction of sp³-hybridized carbons (Fsp3) is 0.300. The number of phosphoric acid groups is 1. The minimum absolute atomic E-state index is 0.0751. The normalized spacial score (nSPS) is 14.4. The first-order valence-corrected chi connectivity index (χ1v) is 7.76. The van der Waals surface area contributed by atoms with Crippen LogP contribution in [0.4, 0.5) is 5.95 Å². The zero-order chi connectivity index (χ0) is 17.9. The standard InChI is InChI=1S/C10H12N5O8P/c11-10-13-8-7(9(18)14-10)12-4-15(8)6(2-17)23-5(1-16)3-22-24(19,20)21/h1-2,4-6H,3H2,(H2,19,20,21)(H3,11,13,14,18)/t5-,6+/m0/s1. The summed E-state index contributed by atoms with van der Waals surface area (Å²) in [6.07, 6.45) is -1.39. The van der Waals surface area contributed by atoms with E-state index in [-0.39, 0.29) is 29.7 Å². The Morgan fingerprint density at radius 3 is 2.71 bits per heavy atom. The van der Waals surface area contributed by atoms with Crippen molar-refractivity contribution in [1.82, 2.24) is 19.5 Å². The number of aromatic amines is 1. The summed E-state index contributed by atoms with van der Waals surface area (Å²) in [6.45, 7) is -0.791. The smallest absolute Gasteiger partial charge is 0.369 e. The van der Waals surface area contributed by atoms with Crippen molar-refractivity contribution in [2.75, 3.05) is 12.3 Å². The Labute approximate surface area is 132 Å². The first kappa shape index (κ1) is 17.9. The number of nitrogen functional groups attached to an aromatic ring is 1. The first-order chi connectivity index (χ1) is 11.2. The molecule has 13 nitrogen and oxygen atoms in total. The van der Waals surface area contributed by atoms with E-state index in [0.717, 1.165) is 10.9 Å². The summed E-state index contributed by atoms with van der Waals surface area (Å²) >= 11 is 0. The molecule has 0 aliphatic carbocycles. The number of aromatic nitrogens is 4. The van der Waals surface area contributed by atoms with Crippen molar-refractivity contribution in [3.05, 3.63) is 16.7 Å². The average Bonchev–Trinajstić information content (AvgIpc) is 2.90. The van der Waals surface area contributed by atoms with Crippen molar-refractivity contribution in [3.8, 4) is 0 Å². The van der Waals surface area contributed by atoms with Gasteiger partial charge in [-0.2, -0.15) is 4.98 Å². The quantitative estimate of drug-likeness (QED) is 0.302. The summed E-state index contributed by atoms with van der Waals surface area (Å²) in [7, 11) is -4.82. The molecule has 0 saturated heterocycles. The second kappa shape index (κ2) is 6.98. The van der Waals surface area contributed by atoms with Crippen LogP contribution in [0.1, 0.15) is 6.23 Å². The molecule has 130 valence electrons. The number of ether oxygens (including phenoxy) is 1. The fourth-order valence-electron chi connectivity index (χ4n) is 1.75. The number of imidazole rings is 1. The Morgan fingerprint density at radius 1 is 1.42 bits per heavy atom. The molecule has 24 heavy (non-hydrogen) atoms. The van der Waals surface area contributed by atoms with Gasteiger partial charge in [0.2, 0.25) is 5.95 Å². The molecule has 0 aromatic carbocycles. The van der Waals surface area contributed by atoms with Crippen LogP contribution in [0.15, 0.2) is 11.1 Å². The molecule has 2 atom stereocenters. The second-order valence-electron chi connectivity index (χ2n) is 4.40. The number of hydrogen-bond acceptors (Lipinski definition) is 9. The Balaban J connectivity index is 2.28. The lowest BCUT2D eigenvalue weighted by Gasteiger charge is -2.18. The number of H-pyrrole nitrogens is 1. The summed E-state index contributed by atoms with van der Waals surface area (Å²) in [4.78, 5) is 60.9. The van der Waals surface area contributed by atoms with Crippen molar-refractivity contribution in [2.24, 2.45) is 0 Å². The third kappa shape index (κ3) is 4.10. The summed E-state index contributed by atoms with van der Waals surface area (Å²) in [6, 6.07) is 0. The molecular formula is C10H12N5O8P. The molecule has 2 aromatic heterocycles. The number of rotatable bonds is 8. The van der Waals surface area contributed by atoms with Gasteiger partial charge in [0.15, 0.2) is 30.0 Å². The zero-order valence-electron chi connectivity index (χ0n) is 11.8. The lowest BCUT2D eigenvalue weighted by atomic mass is 10.4. The third-order valence-corrected chi connectivity index (χ3v) is 3.20. The number of hydrogen-bond donors (Lipinski definition) is 4. The van der Waals surface area contributed by atoms with Crippen molar-refractivity contribution in [1.29, 1.82) is 0 Å². The van der Waals surface area contributed by atoms with E-state index in [1.165, 1.54) is 0 Å². The molecule has 14 heteroatoms. The van der Waals surface area contributed by atoms with E-state index in [1.54, 1.807) is 0 Å². The van der Waals surface area contributed by atoms with Gasteiger partial charge in [0.05, 0.1) is 12.9 Å². The summed E-state index contributed by atoms with van der Waals surface area (Å²) in [5.41, 5.74) is 4.58. The van der Waals surface area contributed by atoms with E-state index in [4.69, 9.17) is 20.3 Å². The monoisotopic (exact) mass is 361 g/mol. The number of phosphoric ester groups is 1. The number of carbonyl (C=O) groups is 2. The summed E-state index contributed by atoms with van der Waals surface area (Å²) in [5.74, 6) is -0.226. The maximum absolute atomic E-state index is 11.7. The van der Waals surface area contributed by atoms with E-state index in [2.05, 4.69) is 19.5 Å². The van der Waals surface area contributed by atoms with E-state index in [9.17, 15) is 18.9 Å². The molecule has 2 aromatic rings. The van der Waals surface area contributed by atoms with E-state index in [0.29, 0.717) is 0 Å². The molecule has 0 radical (unpaired) electrons. The molecule has 2 rings (SSSR count). The van der Waals surface area contributed by atoms with Gasteiger partial charge in [-0.1, -0.05) is 0 Å². The lowest BCUT2D eigenvalue weighted by Crippen LogP contribution is -2.27. The number of fused-ring (bicyclic) bond motifs is 1. The van der Waals surface area contributed by atoms with Gasteiger partial charge in [-0.05, 0) is 0 Å². The third-order valence-electron chi connectivity index (χ3n) is 2.71. The highest BCUT2D eigenvalue weighted by molar-refractivity contribution is 7.46. The molecule has 2 heterocycles. The van der Waals surface area contributed by atoms with E-state index >= 15 is 0 Å². The average molecular weight is 361 g/mol. The number of nitrogens with zero attached hydrogens (tertiary/aromatic N) is 3. The maximum atomic E-state index is 11.7. The molecule has 0 unspecified atom stereocenters. The van der Waals surface area contributed by atoms with Crippen molar-refractivity contribution < 1.29 is 33.2 Å². The Kier molecular flexibility index (Phi) is 5.21. The zero-order valence-corrected chi connectivity index (χ0v) is 12.7. The highest BCUT2D eigenvalue weighted by Gasteiger charge is 2.24. The molecule has 0 spiro atoms. The van der Waals surface area contributed by atoms with Crippen LogP contribution in [0, 0.1) is 0 Å². The maximum Gasteiger partial charge on any atom is 0.469 e. The Morgan fingerprint density at radius 2 is 2.12 bits per heavy atom. The summed E-state index contributed by atoms with van der Waals surface area (Å²) < 4.78 is 20.9. The van der Waals surface area contributed by atoms with Crippen LogP contribution in [0.5, 0.6) is 0 Å². The fourth-order valence-corrected chi connectivity index (χ4v) is 2.09. The van der Waals surface area contributed by atoms with E-state index < -0.39 is 32.3 Å². The van der Waals surface area contributed by atoms with Crippen LogP contribution >= 0.6 is 7.82 Å². The topological polar surface area (TPSA) is 200 Å². The predicted octanol–water partition coefficient (Wildman–Crippen LogP) is -1.91. The van der Waals surface area contributed by atoms with Crippen LogP contribution in [0.25, 0.3) is 11.2 Å². The van der Waals surface area contributed by atoms with E-state index in [1.807, 2.05) is 0 Å². The SMILES string of the molecule is Nc1nc2c(ncn2[C@@H](C=O)O[C@@H](C=O)COP(=O)(O)O)c(=O)[nH]1. The predicted molar refractivity (Wildman–Crippen MR) is 76.6 cm³/mol. The summed E-state index contributed by atoms with van der Waals surface area (Å²) in [5, 5.41) is 0. The molecule has 0 saturated carbocycles. The minimum Gasteiger partial charge on any atom is -0.369 e. The van der Waals surface area contributed by atoms with Gasteiger partial charge in [-0.25, -0.2) is 9.55 Å². The van der Waals surface area contributed by atoms with Crippen LogP contribution in [0.3, 0.4) is 0 Å². The van der Waals surface area contributed by atoms with Gasteiger partial charge < -0.3 is 25.1 Å². The Hall–Kier alpha value is -2.44. The van der Waals surface area contributed by atoms with Crippen LogP contribution in [-0.4, -0.2) is 54.6 Å². The van der Waals surface area contributed by atoms with Crippen molar-refractivity contribution in [3.63, 3.8) is 0 Å². The van der Waals surface area contributed by atoms with Crippen LogP contribution in [-0.2, 0) is 23.4 Å². The highest BCUT2D eigenvalue weighted by atomic mass is 31.2. The van der Waals surface area contributed by atoms with Gasteiger partial charge in [0, 0.05) is 0 Å². The van der Waals surface area contributed by atoms with Crippen LogP contribution in [0.2, 0.25) is 0 Å². The first-order valence-electron chi connectivity index (χ1n) is 6.23. The minimum atomic E-state index is -4.82. The molecule has 0 aliphatic heterocycles. The number of nitrogens with one attached hydrogen (secondary N) is 1. The van der Waals surface area contributed by atoms with Crippen molar-refractivity contribution >= 4 is 37.5 Å². The number of aldehydes is 2. The van der Waals surface area contributed by atoms with Gasteiger partial charge in [0.1, 0.15) is 6.10 Å². The van der Waals surface area contributed by atoms with Gasteiger partial charge in [-0.15, -0.1) is 0 Å². The van der Waals surface area contributed by atoms with Gasteiger partial charge in [0.25, 0.3) is 5.56 Å². The van der Waals surface area contributed by atoms with Crippen LogP contribution < -0.4 is 11.3 Å². The van der Waals surface area contributed by atoms with Gasteiger partial charge >= 0.3 is 7.82 Å². The molecule has 0 amide bonds. The highest BCUT2D eigenvalue weighted by Crippen LogP contribution is 2.35. The Bertz CT molecular complexity index is 857.